The fraction of sp³-hybridized carbons (Fsp3) is 0.400. The zero-order valence-corrected chi connectivity index (χ0v) is 38.4. The lowest BCUT2D eigenvalue weighted by Gasteiger charge is -2.33. The molecule has 2 saturated heterocycles. The number of hydrogen-bond donors (Lipinski definition) is 1. The van der Waals surface area contributed by atoms with Crippen molar-refractivity contribution in [3.05, 3.63) is 119 Å². The van der Waals surface area contributed by atoms with E-state index in [0.29, 0.717) is 48.7 Å². The van der Waals surface area contributed by atoms with Gasteiger partial charge in [0, 0.05) is 77.1 Å². The summed E-state index contributed by atoms with van der Waals surface area (Å²) in [7, 11) is 1.26. The summed E-state index contributed by atoms with van der Waals surface area (Å²) in [6, 6.07) is 20.0. The molecule has 0 radical (unpaired) electrons. The van der Waals surface area contributed by atoms with Crippen LogP contribution in [0.2, 0.25) is 0 Å². The summed E-state index contributed by atoms with van der Waals surface area (Å²) in [6.45, 7) is 10.9. The standard InChI is InChI=1S/C25H30FN5O2.C25H29FN4O3/c1-17(2)31-23-13-21(9-8-19(23)15-28-31)30(25(33)29-10-4-3-5-11-29)16-20-7-6-18(12-22(20)26)24(32)14-27;1-17(2)30-23-14-21(10-9-19(23)15-27-30)29(25(32)28-11-5-4-6-12-28)16-20-8-7-18(13-22(20)26)24(31)33-3/h6-9,12-13,15,17H,3-5,10-11,14,16,27H2,1-2H3;7-10,13-15,17H,4-6,11-12,16H2,1-3H3. The molecular formula is C50H59F2N9O5. The minimum absolute atomic E-state index is 0.0456. The number of esters is 1. The van der Waals surface area contributed by atoms with Gasteiger partial charge in [0.15, 0.2) is 5.78 Å². The van der Waals surface area contributed by atoms with E-state index in [-0.39, 0.29) is 60.7 Å². The van der Waals surface area contributed by atoms with E-state index in [2.05, 4.69) is 28.8 Å². The number of nitrogens with zero attached hydrogens (tertiary/aromatic N) is 8. The van der Waals surface area contributed by atoms with Gasteiger partial charge in [-0.1, -0.05) is 18.2 Å². The predicted molar refractivity (Wildman–Crippen MR) is 252 cm³/mol. The molecule has 4 heterocycles. The second-order valence-electron chi connectivity index (χ2n) is 17.4. The number of methoxy groups -OCH3 is 1. The number of carbonyl (C=O) groups excluding carboxylic acids is 4. The Morgan fingerprint density at radius 3 is 1.44 bits per heavy atom. The third kappa shape index (κ3) is 10.5. The van der Waals surface area contributed by atoms with Crippen LogP contribution in [0, 0.1) is 11.6 Å². The Kier molecular flexibility index (Phi) is 15.1. The Morgan fingerprint density at radius 2 is 1.05 bits per heavy atom. The monoisotopic (exact) mass is 903 g/mol. The molecule has 2 aliphatic heterocycles. The number of hydrogen-bond acceptors (Lipinski definition) is 8. The fourth-order valence-corrected chi connectivity index (χ4v) is 8.49. The number of aromatic nitrogens is 4. The van der Waals surface area contributed by atoms with Crippen LogP contribution in [0.25, 0.3) is 21.8 Å². The van der Waals surface area contributed by atoms with Crippen molar-refractivity contribution in [3.8, 4) is 0 Å². The molecule has 0 spiro atoms. The number of ether oxygens (including phenoxy) is 1. The van der Waals surface area contributed by atoms with Gasteiger partial charge in [-0.2, -0.15) is 10.2 Å². The van der Waals surface area contributed by atoms with Crippen LogP contribution < -0.4 is 15.5 Å². The van der Waals surface area contributed by atoms with Gasteiger partial charge in [0.25, 0.3) is 0 Å². The van der Waals surface area contributed by atoms with Gasteiger partial charge in [-0.25, -0.2) is 23.2 Å². The van der Waals surface area contributed by atoms with Crippen LogP contribution in [0.1, 0.15) is 110 Å². The Labute approximate surface area is 383 Å². The molecule has 348 valence electrons. The number of fused-ring (bicyclic) bond motifs is 2. The topological polar surface area (TPSA) is 152 Å². The number of benzene rings is 4. The Hall–Kier alpha value is -6.68. The van der Waals surface area contributed by atoms with Crippen molar-refractivity contribution >= 4 is 57.0 Å². The zero-order chi connectivity index (χ0) is 47.1. The quantitative estimate of drug-likeness (QED) is 0.0997. The summed E-state index contributed by atoms with van der Waals surface area (Å²) < 4.78 is 38.4. The van der Waals surface area contributed by atoms with Crippen molar-refractivity contribution in [3.63, 3.8) is 0 Å². The molecule has 0 aliphatic carbocycles. The predicted octanol–water partition coefficient (Wildman–Crippen LogP) is 9.67. The third-order valence-electron chi connectivity index (χ3n) is 12.2. The van der Waals surface area contributed by atoms with Crippen LogP contribution >= 0.6 is 0 Å². The Bertz CT molecular complexity index is 2520. The third-order valence-corrected chi connectivity index (χ3v) is 12.2. The van der Waals surface area contributed by atoms with Gasteiger partial charge in [0.1, 0.15) is 11.6 Å². The van der Waals surface area contributed by atoms with Crippen molar-refractivity contribution in [1.82, 2.24) is 29.4 Å². The van der Waals surface area contributed by atoms with Gasteiger partial charge in [-0.15, -0.1) is 0 Å². The highest BCUT2D eigenvalue weighted by atomic mass is 19.1. The molecule has 0 saturated carbocycles. The van der Waals surface area contributed by atoms with Gasteiger partial charge in [-0.05, 0) is 121 Å². The van der Waals surface area contributed by atoms with E-state index >= 15 is 0 Å². The van der Waals surface area contributed by atoms with Crippen molar-refractivity contribution in [2.45, 2.75) is 91.4 Å². The maximum absolute atomic E-state index is 14.9. The molecule has 2 aromatic heterocycles. The van der Waals surface area contributed by atoms with Crippen LogP contribution in [0.15, 0.2) is 85.2 Å². The van der Waals surface area contributed by atoms with Gasteiger partial charge in [0.2, 0.25) is 0 Å². The zero-order valence-electron chi connectivity index (χ0n) is 38.4. The summed E-state index contributed by atoms with van der Waals surface area (Å²) >= 11 is 0. The van der Waals surface area contributed by atoms with E-state index < -0.39 is 17.6 Å². The minimum Gasteiger partial charge on any atom is -0.465 e. The number of piperidine rings is 2. The number of rotatable bonds is 11. The smallest absolute Gasteiger partial charge is 0.337 e. The lowest BCUT2D eigenvalue weighted by atomic mass is 10.1. The minimum atomic E-state index is -0.603. The molecule has 4 amide bonds. The van der Waals surface area contributed by atoms with Crippen LogP contribution in [0.5, 0.6) is 0 Å². The second kappa shape index (κ2) is 21.1. The van der Waals surface area contributed by atoms with E-state index in [0.717, 1.165) is 66.4 Å². The maximum Gasteiger partial charge on any atom is 0.337 e. The molecule has 6 aromatic rings. The van der Waals surface area contributed by atoms with Gasteiger partial charge < -0.3 is 20.3 Å². The average Bonchev–Trinajstić information content (AvgIpc) is 3.98. The summed E-state index contributed by atoms with van der Waals surface area (Å²) in [4.78, 5) is 57.6. The van der Waals surface area contributed by atoms with E-state index in [4.69, 9.17) is 5.73 Å². The summed E-state index contributed by atoms with van der Waals surface area (Å²) in [5, 5.41) is 10.9. The highest BCUT2D eigenvalue weighted by molar-refractivity contribution is 5.98. The lowest BCUT2D eigenvalue weighted by Crippen LogP contribution is -2.45. The molecule has 8 rings (SSSR count). The first-order valence-corrected chi connectivity index (χ1v) is 22.7. The number of nitrogens with two attached hydrogens (primary N) is 1. The van der Waals surface area contributed by atoms with E-state index in [1.54, 1.807) is 28.1 Å². The van der Waals surface area contributed by atoms with Crippen LogP contribution in [0.4, 0.5) is 29.7 Å². The number of urea groups is 2. The fourth-order valence-electron chi connectivity index (χ4n) is 8.49. The van der Waals surface area contributed by atoms with Crippen molar-refractivity contribution < 1.29 is 32.7 Å². The van der Waals surface area contributed by atoms with E-state index in [1.165, 1.54) is 25.3 Å². The lowest BCUT2D eigenvalue weighted by molar-refractivity contribution is 0.0600. The number of amides is 4. The molecule has 0 unspecified atom stereocenters. The molecule has 66 heavy (non-hydrogen) atoms. The molecule has 2 aliphatic rings. The molecule has 2 fully saturated rings. The average molecular weight is 904 g/mol. The van der Waals surface area contributed by atoms with Crippen LogP contribution in [0.3, 0.4) is 0 Å². The number of halogens is 2. The number of carbonyl (C=O) groups is 4. The summed E-state index contributed by atoms with van der Waals surface area (Å²) in [5.74, 6) is -2.01. The molecule has 16 heteroatoms. The molecule has 0 bridgehead atoms. The SMILES string of the molecule is CC(C)n1ncc2ccc(N(Cc3ccc(C(=O)CN)cc3F)C(=O)N3CCCCC3)cc21.COC(=O)c1ccc(CN(C(=O)N2CCCCC2)c2ccc3cnn(C(C)C)c3c2)c(F)c1. The largest absolute Gasteiger partial charge is 0.465 e. The molecule has 2 N–H and O–H groups in total. The first kappa shape index (κ1) is 47.3. The molecule has 0 atom stereocenters. The first-order valence-electron chi connectivity index (χ1n) is 22.7. The highest BCUT2D eigenvalue weighted by Gasteiger charge is 2.28. The number of likely N-dealkylation sites (tertiary alicyclic amines) is 2. The van der Waals surface area contributed by atoms with E-state index in [9.17, 15) is 28.0 Å². The normalized spacial score (nSPS) is 14.1. The molecular weight excluding hydrogens is 845 g/mol. The van der Waals surface area contributed by atoms with Crippen LogP contribution in [-0.2, 0) is 17.8 Å². The van der Waals surface area contributed by atoms with Crippen molar-refractivity contribution in [1.29, 1.82) is 0 Å². The Morgan fingerprint density at radius 1 is 0.621 bits per heavy atom. The van der Waals surface area contributed by atoms with Crippen molar-refractivity contribution in [2.24, 2.45) is 5.73 Å². The molecule has 14 nitrogen and oxygen atoms in total. The highest BCUT2D eigenvalue weighted by Crippen LogP contribution is 2.30. The number of Topliss-reactive ketones (excluding diaryl/α,β-unsaturated/α-hetero) is 1. The Balaban J connectivity index is 0.000000196. The maximum atomic E-state index is 14.9. The van der Waals surface area contributed by atoms with Gasteiger partial charge >= 0.3 is 18.0 Å². The van der Waals surface area contributed by atoms with Crippen molar-refractivity contribution in [2.75, 3.05) is 49.6 Å². The number of anilines is 2. The van der Waals surface area contributed by atoms with Gasteiger partial charge in [0.05, 0.1) is 55.7 Å². The van der Waals surface area contributed by atoms with E-state index in [1.807, 2.05) is 75.6 Å². The number of ketones is 1. The first-order chi connectivity index (χ1) is 31.8. The second-order valence-corrected chi connectivity index (χ2v) is 17.4. The summed E-state index contributed by atoms with van der Waals surface area (Å²) in [6.07, 6.45) is 9.67. The molecule has 4 aromatic carbocycles. The summed E-state index contributed by atoms with van der Waals surface area (Å²) in [5.41, 5.74) is 9.63. The van der Waals surface area contributed by atoms with Gasteiger partial charge in [-0.3, -0.25) is 24.0 Å². The van der Waals surface area contributed by atoms with Crippen LogP contribution in [-0.4, -0.2) is 93.0 Å².